The summed E-state index contributed by atoms with van der Waals surface area (Å²) in [5, 5.41) is 3.99. The number of nitrogens with zero attached hydrogens (tertiary/aromatic N) is 2. The Balaban J connectivity index is 1.84. The quantitative estimate of drug-likeness (QED) is 0.923. The Labute approximate surface area is 124 Å². The normalized spacial score (nSPS) is 28.6. The molecule has 20 heavy (non-hydrogen) atoms. The molecule has 2 bridgehead atoms. The van der Waals surface area contributed by atoms with Crippen LogP contribution in [0.1, 0.15) is 39.0 Å². The van der Waals surface area contributed by atoms with Crippen LogP contribution in [0.3, 0.4) is 0 Å². The zero-order chi connectivity index (χ0) is 14.1. The molecule has 3 nitrogen and oxygen atoms in total. The van der Waals surface area contributed by atoms with Crippen LogP contribution in [0.5, 0.6) is 0 Å². The first-order valence-electron chi connectivity index (χ1n) is 7.51. The van der Waals surface area contributed by atoms with Crippen LogP contribution in [0.2, 0.25) is 5.02 Å². The van der Waals surface area contributed by atoms with Crippen LogP contribution in [0, 0.1) is 5.82 Å². The molecule has 2 atom stereocenters. The molecule has 0 spiro atoms. The second kappa shape index (κ2) is 5.86. The van der Waals surface area contributed by atoms with Crippen LogP contribution in [0.4, 0.5) is 10.2 Å². The van der Waals surface area contributed by atoms with Gasteiger partial charge in [-0.25, -0.2) is 9.37 Å². The van der Waals surface area contributed by atoms with Crippen molar-refractivity contribution in [3.8, 4) is 0 Å². The molecule has 2 fully saturated rings. The Morgan fingerprint density at radius 1 is 1.40 bits per heavy atom. The van der Waals surface area contributed by atoms with Crippen molar-refractivity contribution < 1.29 is 4.39 Å². The summed E-state index contributed by atoms with van der Waals surface area (Å²) in [6.07, 6.45) is 7.19. The number of fused-ring (bicyclic) bond motifs is 2. The second-order valence-corrected chi connectivity index (χ2v) is 6.35. The topological polar surface area (TPSA) is 28.2 Å². The van der Waals surface area contributed by atoms with E-state index in [4.69, 9.17) is 11.6 Å². The Bertz CT molecular complexity index is 470. The number of anilines is 1. The van der Waals surface area contributed by atoms with Gasteiger partial charge in [-0.05, 0) is 38.2 Å². The summed E-state index contributed by atoms with van der Waals surface area (Å²) in [7, 11) is 0. The maximum Gasteiger partial charge on any atom is 0.167 e. The number of halogens is 2. The number of rotatable bonds is 4. The van der Waals surface area contributed by atoms with Crippen LogP contribution in [0.25, 0.3) is 0 Å². The van der Waals surface area contributed by atoms with E-state index in [2.05, 4.69) is 22.1 Å². The van der Waals surface area contributed by atoms with E-state index >= 15 is 0 Å². The number of nitrogens with one attached hydrogen (secondary N) is 1. The first-order chi connectivity index (χ1) is 9.67. The van der Waals surface area contributed by atoms with Crippen molar-refractivity contribution in [3.05, 3.63) is 23.1 Å². The third-order valence-electron chi connectivity index (χ3n) is 4.41. The minimum Gasteiger partial charge on any atom is -0.351 e. The predicted octanol–water partition coefficient (Wildman–Crippen LogP) is 3.37. The lowest BCUT2D eigenvalue weighted by molar-refractivity contribution is 0.343. The van der Waals surface area contributed by atoms with Crippen molar-refractivity contribution >= 4 is 17.4 Å². The van der Waals surface area contributed by atoms with Gasteiger partial charge in [0.2, 0.25) is 0 Å². The van der Waals surface area contributed by atoms with Crippen molar-refractivity contribution in [1.29, 1.82) is 0 Å². The number of pyridine rings is 1. The van der Waals surface area contributed by atoms with Gasteiger partial charge >= 0.3 is 0 Å². The summed E-state index contributed by atoms with van der Waals surface area (Å²) in [5.74, 6) is 0.152. The minimum absolute atomic E-state index is 0.308. The van der Waals surface area contributed by atoms with Gasteiger partial charge in [0.05, 0.1) is 5.02 Å². The van der Waals surface area contributed by atoms with Crippen molar-refractivity contribution in [3.63, 3.8) is 0 Å². The van der Waals surface area contributed by atoms with Gasteiger partial charge in [-0.3, -0.25) is 0 Å². The third kappa shape index (κ3) is 2.77. The van der Waals surface area contributed by atoms with Crippen LogP contribution in [-0.2, 0) is 0 Å². The van der Waals surface area contributed by atoms with E-state index in [1.165, 1.54) is 25.1 Å². The van der Waals surface area contributed by atoms with E-state index in [9.17, 15) is 4.39 Å². The molecule has 3 heterocycles. The van der Waals surface area contributed by atoms with Gasteiger partial charge in [0, 0.05) is 30.9 Å². The molecular formula is C15H21ClFN3. The van der Waals surface area contributed by atoms with Gasteiger partial charge in [0.25, 0.3) is 0 Å². The van der Waals surface area contributed by atoms with Gasteiger partial charge in [0.1, 0.15) is 0 Å². The number of hydrogen-bond donors (Lipinski definition) is 1. The van der Waals surface area contributed by atoms with E-state index in [1.807, 2.05) is 0 Å². The molecule has 0 amide bonds. The van der Waals surface area contributed by atoms with Gasteiger partial charge < -0.3 is 10.2 Å². The predicted molar refractivity (Wildman–Crippen MR) is 79.8 cm³/mol. The SMILES string of the molecule is CCCN(c1ncc(Cl)cc1F)C1CC2CCC(C1)N2. The highest BCUT2D eigenvalue weighted by molar-refractivity contribution is 6.30. The fraction of sp³-hybridized carbons (Fsp3) is 0.667. The number of piperidine rings is 1. The molecule has 110 valence electrons. The highest BCUT2D eigenvalue weighted by Crippen LogP contribution is 2.32. The number of hydrogen-bond acceptors (Lipinski definition) is 3. The van der Waals surface area contributed by atoms with Crippen LogP contribution in [0.15, 0.2) is 12.3 Å². The maximum absolute atomic E-state index is 14.2. The summed E-state index contributed by atoms with van der Waals surface area (Å²) in [4.78, 5) is 6.39. The largest absolute Gasteiger partial charge is 0.351 e. The van der Waals surface area contributed by atoms with Gasteiger partial charge in [0.15, 0.2) is 11.6 Å². The van der Waals surface area contributed by atoms with E-state index in [-0.39, 0.29) is 5.82 Å². The molecule has 0 saturated carbocycles. The van der Waals surface area contributed by atoms with Crippen LogP contribution < -0.4 is 10.2 Å². The van der Waals surface area contributed by atoms with Gasteiger partial charge in [-0.2, -0.15) is 0 Å². The molecule has 2 saturated heterocycles. The average Bonchev–Trinajstić information content (AvgIpc) is 2.76. The van der Waals surface area contributed by atoms with Crippen LogP contribution in [-0.4, -0.2) is 29.7 Å². The highest BCUT2D eigenvalue weighted by atomic mass is 35.5. The molecule has 1 aromatic rings. The van der Waals surface area contributed by atoms with Crippen molar-refractivity contribution in [2.45, 2.75) is 57.2 Å². The molecule has 3 rings (SSSR count). The third-order valence-corrected chi connectivity index (χ3v) is 4.62. The minimum atomic E-state index is -0.308. The molecule has 1 aromatic heterocycles. The zero-order valence-corrected chi connectivity index (χ0v) is 12.5. The summed E-state index contributed by atoms with van der Waals surface area (Å²) in [6.45, 7) is 2.96. The van der Waals surface area contributed by atoms with E-state index in [1.54, 1.807) is 0 Å². The van der Waals surface area contributed by atoms with Gasteiger partial charge in [-0.15, -0.1) is 0 Å². The Hall–Kier alpha value is -0.870. The molecule has 0 aliphatic carbocycles. The summed E-state index contributed by atoms with van der Waals surface area (Å²) in [5.41, 5.74) is 0. The molecule has 2 aliphatic rings. The second-order valence-electron chi connectivity index (χ2n) is 5.92. The standard InChI is InChI=1S/C15H21ClFN3/c1-2-5-20(15-14(17)6-10(16)9-18-15)13-7-11-3-4-12(8-13)19-11/h6,9,11-13,19H,2-5,7-8H2,1H3. The molecule has 2 aliphatic heterocycles. The monoisotopic (exact) mass is 297 g/mol. The summed E-state index contributed by atoms with van der Waals surface area (Å²) >= 11 is 5.81. The molecule has 1 N–H and O–H groups in total. The lowest BCUT2D eigenvalue weighted by Crippen LogP contribution is -2.49. The fourth-order valence-electron chi connectivity index (χ4n) is 3.60. The number of aromatic nitrogens is 1. The molecule has 2 unspecified atom stereocenters. The molecular weight excluding hydrogens is 277 g/mol. The fourth-order valence-corrected chi connectivity index (χ4v) is 3.75. The summed E-state index contributed by atoms with van der Waals surface area (Å²) in [6, 6.07) is 2.93. The Morgan fingerprint density at radius 3 is 2.70 bits per heavy atom. The highest BCUT2D eigenvalue weighted by Gasteiger charge is 2.36. The Morgan fingerprint density at radius 2 is 2.10 bits per heavy atom. The van der Waals surface area contributed by atoms with E-state index in [0.717, 1.165) is 25.8 Å². The van der Waals surface area contributed by atoms with E-state index < -0.39 is 0 Å². The van der Waals surface area contributed by atoms with Crippen molar-refractivity contribution in [2.75, 3.05) is 11.4 Å². The molecule has 0 radical (unpaired) electrons. The van der Waals surface area contributed by atoms with Crippen LogP contribution >= 0.6 is 11.6 Å². The maximum atomic E-state index is 14.2. The van der Waals surface area contributed by atoms with Gasteiger partial charge in [-0.1, -0.05) is 18.5 Å². The van der Waals surface area contributed by atoms with Crippen molar-refractivity contribution in [2.24, 2.45) is 0 Å². The lowest BCUT2D eigenvalue weighted by Gasteiger charge is -2.38. The van der Waals surface area contributed by atoms with E-state index in [0.29, 0.717) is 29.0 Å². The smallest absolute Gasteiger partial charge is 0.167 e. The summed E-state index contributed by atoms with van der Waals surface area (Å²) < 4.78 is 14.2. The van der Waals surface area contributed by atoms with Crippen molar-refractivity contribution in [1.82, 2.24) is 10.3 Å². The first kappa shape index (κ1) is 14.1. The molecule has 5 heteroatoms. The molecule has 0 aromatic carbocycles. The Kier molecular flexibility index (Phi) is 4.13. The average molecular weight is 298 g/mol. The first-order valence-corrected chi connectivity index (χ1v) is 7.89. The zero-order valence-electron chi connectivity index (χ0n) is 11.8. The lowest BCUT2D eigenvalue weighted by atomic mass is 9.98.